The number of nitrogens with zero attached hydrogens (tertiary/aromatic N) is 2. The van der Waals surface area contributed by atoms with Crippen molar-refractivity contribution in [3.05, 3.63) is 27.4 Å². The van der Waals surface area contributed by atoms with Crippen LogP contribution in [0.4, 0.5) is 0 Å². The quantitative estimate of drug-likeness (QED) is 0.883. The summed E-state index contributed by atoms with van der Waals surface area (Å²) in [6, 6.07) is 5.76. The van der Waals surface area contributed by atoms with Gasteiger partial charge in [-0.05, 0) is 37.3 Å². The first kappa shape index (κ1) is 12.3. The lowest BCUT2D eigenvalue weighted by Gasteiger charge is -2.07. The molecule has 17 heavy (non-hydrogen) atoms. The molecule has 2 aromatic rings. The molecule has 0 unspecified atom stereocenters. The van der Waals surface area contributed by atoms with Gasteiger partial charge in [-0.1, -0.05) is 15.9 Å². The molecule has 1 aromatic heterocycles. The second-order valence-electron chi connectivity index (χ2n) is 3.44. The van der Waals surface area contributed by atoms with E-state index in [2.05, 4.69) is 26.1 Å². The van der Waals surface area contributed by atoms with Crippen LogP contribution in [0.5, 0.6) is 5.75 Å². The predicted molar refractivity (Wildman–Crippen MR) is 72.8 cm³/mol. The number of rotatable bonds is 3. The Hall–Kier alpha value is -1.14. The van der Waals surface area contributed by atoms with E-state index in [9.17, 15) is 0 Å². The van der Waals surface area contributed by atoms with E-state index in [-0.39, 0.29) is 0 Å². The van der Waals surface area contributed by atoms with Gasteiger partial charge in [0.25, 0.3) is 0 Å². The van der Waals surface area contributed by atoms with Crippen molar-refractivity contribution >= 4 is 28.1 Å². The summed E-state index contributed by atoms with van der Waals surface area (Å²) in [5.41, 5.74) is 0.957. The number of aromatic nitrogens is 3. The lowest BCUT2D eigenvalue weighted by molar-refractivity contribution is 0.415. The zero-order valence-corrected chi connectivity index (χ0v) is 11.9. The van der Waals surface area contributed by atoms with Gasteiger partial charge in [-0.15, -0.1) is 0 Å². The number of aromatic amines is 1. The predicted octanol–water partition coefficient (Wildman–Crippen LogP) is 3.40. The molecule has 0 radical (unpaired) electrons. The minimum atomic E-state index is 0.622. The molecule has 1 aromatic carbocycles. The Morgan fingerprint density at radius 2 is 2.29 bits per heavy atom. The summed E-state index contributed by atoms with van der Waals surface area (Å²) in [6.07, 6.45) is 0. The van der Waals surface area contributed by atoms with E-state index in [1.807, 2.05) is 29.7 Å². The van der Waals surface area contributed by atoms with Crippen molar-refractivity contribution in [3.8, 4) is 17.1 Å². The molecule has 1 N–H and O–H groups in total. The van der Waals surface area contributed by atoms with Crippen LogP contribution < -0.4 is 4.74 Å². The fraction of sp³-hybridized carbons (Fsp3) is 0.273. The maximum atomic E-state index is 5.22. The Morgan fingerprint density at radius 3 is 2.94 bits per heavy atom. The van der Waals surface area contributed by atoms with Crippen molar-refractivity contribution in [2.45, 2.75) is 13.5 Å². The van der Waals surface area contributed by atoms with Crippen LogP contribution in [0.2, 0.25) is 0 Å². The molecular formula is C11H12BrN3OS. The van der Waals surface area contributed by atoms with E-state index in [4.69, 9.17) is 17.0 Å². The number of H-pyrrole nitrogens is 1. The first-order valence-corrected chi connectivity index (χ1v) is 6.36. The van der Waals surface area contributed by atoms with Crippen LogP contribution in [0, 0.1) is 4.77 Å². The third kappa shape index (κ3) is 2.28. The maximum Gasteiger partial charge on any atom is 0.195 e. The monoisotopic (exact) mass is 313 g/mol. The van der Waals surface area contributed by atoms with Gasteiger partial charge >= 0.3 is 0 Å². The van der Waals surface area contributed by atoms with Crippen LogP contribution in [-0.2, 0) is 6.54 Å². The Labute approximate surface area is 113 Å². The lowest BCUT2D eigenvalue weighted by Crippen LogP contribution is -1.98. The van der Waals surface area contributed by atoms with E-state index in [1.165, 1.54) is 0 Å². The van der Waals surface area contributed by atoms with Crippen molar-refractivity contribution in [1.29, 1.82) is 0 Å². The standard InChI is InChI=1S/C11H12BrN3OS/c1-3-15-10(13-14-11(15)17)8-6-7(16-2)4-5-9(8)12/h4-6H,3H2,1-2H3,(H,14,17). The summed E-state index contributed by atoms with van der Waals surface area (Å²) in [4.78, 5) is 0. The van der Waals surface area contributed by atoms with Crippen molar-refractivity contribution in [1.82, 2.24) is 14.8 Å². The number of methoxy groups -OCH3 is 1. The normalized spacial score (nSPS) is 10.5. The third-order valence-electron chi connectivity index (χ3n) is 2.49. The van der Waals surface area contributed by atoms with Gasteiger partial charge < -0.3 is 9.30 Å². The smallest absolute Gasteiger partial charge is 0.195 e. The average molecular weight is 314 g/mol. The molecule has 0 aliphatic heterocycles. The van der Waals surface area contributed by atoms with Crippen molar-refractivity contribution in [3.63, 3.8) is 0 Å². The van der Waals surface area contributed by atoms with E-state index in [0.29, 0.717) is 4.77 Å². The molecule has 0 fully saturated rings. The number of hydrogen-bond donors (Lipinski definition) is 1. The molecule has 6 heteroatoms. The zero-order chi connectivity index (χ0) is 12.4. The van der Waals surface area contributed by atoms with Gasteiger partial charge in [0, 0.05) is 16.6 Å². The molecular weight excluding hydrogens is 302 g/mol. The van der Waals surface area contributed by atoms with Gasteiger partial charge in [0.2, 0.25) is 0 Å². The number of hydrogen-bond acceptors (Lipinski definition) is 3. The van der Waals surface area contributed by atoms with E-state index in [0.717, 1.165) is 28.2 Å². The highest BCUT2D eigenvalue weighted by atomic mass is 79.9. The Morgan fingerprint density at radius 1 is 1.53 bits per heavy atom. The second kappa shape index (κ2) is 5.01. The fourth-order valence-corrected chi connectivity index (χ4v) is 2.30. The van der Waals surface area contributed by atoms with Crippen LogP contribution in [0.1, 0.15) is 6.92 Å². The van der Waals surface area contributed by atoms with Gasteiger partial charge in [-0.25, -0.2) is 0 Å². The lowest BCUT2D eigenvalue weighted by atomic mass is 10.2. The molecule has 1 heterocycles. The van der Waals surface area contributed by atoms with Crippen LogP contribution in [0.3, 0.4) is 0 Å². The molecule has 0 amide bonds. The van der Waals surface area contributed by atoms with E-state index >= 15 is 0 Å². The highest BCUT2D eigenvalue weighted by molar-refractivity contribution is 9.10. The van der Waals surface area contributed by atoms with Crippen molar-refractivity contribution < 1.29 is 4.74 Å². The number of nitrogens with one attached hydrogen (secondary N) is 1. The summed E-state index contributed by atoms with van der Waals surface area (Å²) in [5.74, 6) is 1.60. The molecule has 2 rings (SSSR count). The van der Waals surface area contributed by atoms with E-state index in [1.54, 1.807) is 7.11 Å². The largest absolute Gasteiger partial charge is 0.497 e. The molecule has 4 nitrogen and oxygen atoms in total. The Balaban J connectivity index is 2.63. The maximum absolute atomic E-state index is 5.22. The molecule has 0 aliphatic carbocycles. The van der Waals surface area contributed by atoms with Crippen LogP contribution in [0.15, 0.2) is 22.7 Å². The third-order valence-corrected chi connectivity index (χ3v) is 3.49. The van der Waals surface area contributed by atoms with Crippen molar-refractivity contribution in [2.24, 2.45) is 0 Å². The van der Waals surface area contributed by atoms with E-state index < -0.39 is 0 Å². The highest BCUT2D eigenvalue weighted by Gasteiger charge is 2.11. The summed E-state index contributed by atoms with van der Waals surface area (Å²) < 4.78 is 8.74. The molecule has 0 aliphatic rings. The fourth-order valence-electron chi connectivity index (χ4n) is 1.62. The average Bonchev–Trinajstić information content (AvgIpc) is 2.71. The molecule has 90 valence electrons. The SMILES string of the molecule is CCn1c(-c2cc(OC)ccc2Br)n[nH]c1=S. The molecule has 0 atom stereocenters. The first-order valence-electron chi connectivity index (χ1n) is 5.16. The van der Waals surface area contributed by atoms with Gasteiger partial charge in [0.15, 0.2) is 10.6 Å². The topological polar surface area (TPSA) is 42.8 Å². The van der Waals surface area contributed by atoms with Crippen molar-refractivity contribution in [2.75, 3.05) is 7.11 Å². The first-order chi connectivity index (χ1) is 8.17. The highest BCUT2D eigenvalue weighted by Crippen LogP contribution is 2.30. The number of ether oxygens (including phenoxy) is 1. The summed E-state index contributed by atoms with van der Waals surface area (Å²) >= 11 is 8.69. The Bertz CT molecular complexity index is 591. The van der Waals surface area contributed by atoms with Crippen LogP contribution in [-0.4, -0.2) is 21.9 Å². The molecule has 0 saturated heterocycles. The van der Waals surface area contributed by atoms with Crippen LogP contribution >= 0.6 is 28.1 Å². The zero-order valence-electron chi connectivity index (χ0n) is 9.53. The summed E-state index contributed by atoms with van der Waals surface area (Å²) in [5, 5.41) is 7.06. The Kier molecular flexibility index (Phi) is 3.63. The van der Waals surface area contributed by atoms with Gasteiger partial charge in [-0.2, -0.15) is 5.10 Å². The van der Waals surface area contributed by atoms with Crippen LogP contribution in [0.25, 0.3) is 11.4 Å². The van der Waals surface area contributed by atoms with Gasteiger partial charge in [0.05, 0.1) is 7.11 Å². The minimum absolute atomic E-state index is 0.622. The summed E-state index contributed by atoms with van der Waals surface area (Å²) in [7, 11) is 1.64. The number of benzene rings is 1. The summed E-state index contributed by atoms with van der Waals surface area (Å²) in [6.45, 7) is 2.80. The number of halogens is 1. The van der Waals surface area contributed by atoms with Gasteiger partial charge in [0.1, 0.15) is 5.75 Å². The second-order valence-corrected chi connectivity index (χ2v) is 4.68. The molecule has 0 spiro atoms. The molecule has 0 bridgehead atoms. The molecule has 0 saturated carbocycles. The van der Waals surface area contributed by atoms with Gasteiger partial charge in [-0.3, -0.25) is 5.10 Å². The minimum Gasteiger partial charge on any atom is -0.497 e.